The van der Waals surface area contributed by atoms with Crippen LogP contribution >= 0.6 is 0 Å². The van der Waals surface area contributed by atoms with E-state index in [1.807, 2.05) is 6.07 Å². The summed E-state index contributed by atoms with van der Waals surface area (Å²) in [5.74, 6) is 0.298. The van der Waals surface area contributed by atoms with Crippen molar-refractivity contribution in [2.45, 2.75) is 19.4 Å². The summed E-state index contributed by atoms with van der Waals surface area (Å²) in [6.45, 7) is 3.12. The van der Waals surface area contributed by atoms with Crippen LogP contribution in [0.25, 0.3) is 0 Å². The zero-order valence-electron chi connectivity index (χ0n) is 9.40. The Hall–Kier alpha value is -0.930. The molecule has 1 N–H and O–H groups in total. The van der Waals surface area contributed by atoms with E-state index in [4.69, 9.17) is 5.11 Å². The first kappa shape index (κ1) is 11.6. The minimum Gasteiger partial charge on any atom is -0.396 e. The molecule has 0 aliphatic carbocycles. The van der Waals surface area contributed by atoms with Crippen molar-refractivity contribution in [3.05, 3.63) is 35.6 Å². The van der Waals surface area contributed by atoms with Gasteiger partial charge in [0, 0.05) is 13.2 Å². The number of hydrogen-bond acceptors (Lipinski definition) is 2. The third-order valence-corrected chi connectivity index (χ3v) is 3.26. The molecule has 0 amide bonds. The van der Waals surface area contributed by atoms with E-state index in [-0.39, 0.29) is 5.82 Å². The lowest BCUT2D eigenvalue weighted by molar-refractivity contribution is 0.127. The van der Waals surface area contributed by atoms with Gasteiger partial charge in [0.15, 0.2) is 0 Å². The van der Waals surface area contributed by atoms with E-state index in [2.05, 4.69) is 4.90 Å². The average molecular weight is 223 g/mol. The van der Waals surface area contributed by atoms with Crippen LogP contribution in [0.4, 0.5) is 4.39 Å². The molecule has 2 rings (SSSR count). The molecule has 88 valence electrons. The second-order valence-corrected chi connectivity index (χ2v) is 4.53. The fraction of sp³-hybridized carbons (Fsp3) is 0.538. The summed E-state index contributed by atoms with van der Waals surface area (Å²) in [5, 5.41) is 9.04. The summed E-state index contributed by atoms with van der Waals surface area (Å²) in [4.78, 5) is 2.32. The smallest absolute Gasteiger partial charge is 0.123 e. The fourth-order valence-corrected chi connectivity index (χ4v) is 2.22. The van der Waals surface area contributed by atoms with Gasteiger partial charge in [-0.1, -0.05) is 12.1 Å². The zero-order valence-corrected chi connectivity index (χ0v) is 9.40. The third-order valence-electron chi connectivity index (χ3n) is 3.26. The van der Waals surface area contributed by atoms with Crippen molar-refractivity contribution in [1.82, 2.24) is 4.90 Å². The Bertz CT molecular complexity index is 334. The fourth-order valence-electron chi connectivity index (χ4n) is 2.22. The molecule has 0 radical (unpaired) electrons. The molecule has 0 saturated carbocycles. The standard InChI is InChI=1S/C13H18FNO/c14-13-3-1-2-12(8-13)9-15-6-4-11(10-16)5-7-15/h1-3,8,11,16H,4-7,9-10H2. The Labute approximate surface area is 95.7 Å². The lowest BCUT2D eigenvalue weighted by Crippen LogP contribution is -2.34. The summed E-state index contributed by atoms with van der Waals surface area (Å²) in [6.07, 6.45) is 2.09. The van der Waals surface area contributed by atoms with Gasteiger partial charge in [0.05, 0.1) is 0 Å². The average Bonchev–Trinajstić information content (AvgIpc) is 2.30. The molecule has 0 atom stereocenters. The molecule has 0 spiro atoms. The molecule has 0 bridgehead atoms. The summed E-state index contributed by atoms with van der Waals surface area (Å²) in [7, 11) is 0. The molecule has 1 aromatic carbocycles. The molecule has 1 fully saturated rings. The van der Waals surface area contributed by atoms with Crippen LogP contribution in [0, 0.1) is 11.7 Å². The molecule has 1 saturated heterocycles. The first-order valence-electron chi connectivity index (χ1n) is 5.85. The van der Waals surface area contributed by atoms with Crippen molar-refractivity contribution in [3.8, 4) is 0 Å². The van der Waals surface area contributed by atoms with Crippen LogP contribution in [-0.2, 0) is 6.54 Å². The molecule has 1 aliphatic rings. The number of likely N-dealkylation sites (tertiary alicyclic amines) is 1. The highest BCUT2D eigenvalue weighted by atomic mass is 19.1. The van der Waals surface area contributed by atoms with Crippen LogP contribution in [0.3, 0.4) is 0 Å². The second kappa shape index (κ2) is 5.41. The van der Waals surface area contributed by atoms with Gasteiger partial charge in [-0.25, -0.2) is 4.39 Å². The van der Waals surface area contributed by atoms with Gasteiger partial charge in [-0.15, -0.1) is 0 Å². The Morgan fingerprint density at radius 1 is 1.31 bits per heavy atom. The van der Waals surface area contributed by atoms with Crippen molar-refractivity contribution in [3.63, 3.8) is 0 Å². The zero-order chi connectivity index (χ0) is 11.4. The molecular formula is C13H18FNO. The van der Waals surface area contributed by atoms with E-state index in [1.54, 1.807) is 12.1 Å². The predicted molar refractivity (Wildman–Crippen MR) is 61.5 cm³/mol. The van der Waals surface area contributed by atoms with Gasteiger partial charge in [-0.2, -0.15) is 0 Å². The number of aliphatic hydroxyl groups excluding tert-OH is 1. The SMILES string of the molecule is OCC1CCN(Cc2cccc(F)c2)CC1. The molecule has 0 aromatic heterocycles. The molecule has 0 unspecified atom stereocenters. The van der Waals surface area contributed by atoms with Crippen molar-refractivity contribution in [2.75, 3.05) is 19.7 Å². The van der Waals surface area contributed by atoms with Crippen LogP contribution in [0.1, 0.15) is 18.4 Å². The minimum atomic E-state index is -0.164. The van der Waals surface area contributed by atoms with Gasteiger partial charge >= 0.3 is 0 Å². The van der Waals surface area contributed by atoms with E-state index < -0.39 is 0 Å². The van der Waals surface area contributed by atoms with Crippen LogP contribution in [-0.4, -0.2) is 29.7 Å². The highest BCUT2D eigenvalue weighted by Crippen LogP contribution is 2.18. The highest BCUT2D eigenvalue weighted by molar-refractivity contribution is 5.16. The van der Waals surface area contributed by atoms with E-state index in [1.165, 1.54) is 6.07 Å². The largest absolute Gasteiger partial charge is 0.396 e. The van der Waals surface area contributed by atoms with E-state index >= 15 is 0 Å². The van der Waals surface area contributed by atoms with Crippen LogP contribution in [0.2, 0.25) is 0 Å². The number of rotatable bonds is 3. The van der Waals surface area contributed by atoms with Gasteiger partial charge < -0.3 is 5.11 Å². The first-order chi connectivity index (χ1) is 7.78. The number of halogens is 1. The molecule has 1 heterocycles. The molecule has 16 heavy (non-hydrogen) atoms. The van der Waals surface area contributed by atoms with Crippen molar-refractivity contribution in [2.24, 2.45) is 5.92 Å². The number of hydrogen-bond donors (Lipinski definition) is 1. The van der Waals surface area contributed by atoms with E-state index in [0.29, 0.717) is 12.5 Å². The maximum atomic E-state index is 13.0. The Balaban J connectivity index is 1.87. The van der Waals surface area contributed by atoms with Crippen molar-refractivity contribution < 1.29 is 9.50 Å². The van der Waals surface area contributed by atoms with Crippen LogP contribution < -0.4 is 0 Å². The van der Waals surface area contributed by atoms with Crippen LogP contribution in [0.15, 0.2) is 24.3 Å². The van der Waals surface area contributed by atoms with Gasteiger partial charge in [0.2, 0.25) is 0 Å². The number of piperidine rings is 1. The van der Waals surface area contributed by atoms with Crippen LogP contribution in [0.5, 0.6) is 0 Å². The Morgan fingerprint density at radius 2 is 2.06 bits per heavy atom. The van der Waals surface area contributed by atoms with Crippen molar-refractivity contribution in [1.29, 1.82) is 0 Å². The summed E-state index contributed by atoms with van der Waals surface area (Å²) < 4.78 is 13.0. The predicted octanol–water partition coefficient (Wildman–Crippen LogP) is 2.03. The topological polar surface area (TPSA) is 23.5 Å². The molecule has 1 aliphatic heterocycles. The number of aliphatic hydroxyl groups is 1. The van der Waals surface area contributed by atoms with E-state index in [0.717, 1.165) is 38.0 Å². The van der Waals surface area contributed by atoms with Gasteiger partial charge in [-0.3, -0.25) is 4.90 Å². The van der Waals surface area contributed by atoms with Gasteiger partial charge in [-0.05, 0) is 49.5 Å². The monoisotopic (exact) mass is 223 g/mol. The van der Waals surface area contributed by atoms with Gasteiger partial charge in [0.1, 0.15) is 5.82 Å². The lowest BCUT2D eigenvalue weighted by Gasteiger charge is -2.31. The quantitative estimate of drug-likeness (QED) is 0.847. The molecule has 2 nitrogen and oxygen atoms in total. The van der Waals surface area contributed by atoms with E-state index in [9.17, 15) is 4.39 Å². The highest BCUT2D eigenvalue weighted by Gasteiger charge is 2.18. The summed E-state index contributed by atoms with van der Waals surface area (Å²) in [5.41, 5.74) is 1.03. The minimum absolute atomic E-state index is 0.164. The maximum absolute atomic E-state index is 13.0. The molecular weight excluding hydrogens is 205 g/mol. The third kappa shape index (κ3) is 3.03. The number of benzene rings is 1. The maximum Gasteiger partial charge on any atom is 0.123 e. The Morgan fingerprint density at radius 3 is 2.69 bits per heavy atom. The van der Waals surface area contributed by atoms with Crippen molar-refractivity contribution >= 4 is 0 Å². The lowest BCUT2D eigenvalue weighted by atomic mass is 9.97. The molecule has 1 aromatic rings. The number of nitrogens with zero attached hydrogens (tertiary/aromatic N) is 1. The first-order valence-corrected chi connectivity index (χ1v) is 5.85. The summed E-state index contributed by atoms with van der Waals surface area (Å²) >= 11 is 0. The normalized spacial score (nSPS) is 18.9. The summed E-state index contributed by atoms with van der Waals surface area (Å²) in [6, 6.07) is 6.78. The molecule has 3 heteroatoms. The Kier molecular flexibility index (Phi) is 3.91. The van der Waals surface area contributed by atoms with Gasteiger partial charge in [0.25, 0.3) is 0 Å². The second-order valence-electron chi connectivity index (χ2n) is 4.53.